The monoisotopic (exact) mass is 291 g/mol. The van der Waals surface area contributed by atoms with Gasteiger partial charge >= 0.3 is 0 Å². The first kappa shape index (κ1) is 15.0. The maximum atomic E-state index is 5.00. The maximum Gasteiger partial charge on any atom is 0.123 e. The van der Waals surface area contributed by atoms with Crippen LogP contribution in [0.25, 0.3) is 10.6 Å². The van der Waals surface area contributed by atoms with Crippen molar-refractivity contribution < 1.29 is 4.74 Å². The Balaban J connectivity index is 1.97. The highest BCUT2D eigenvalue weighted by atomic mass is 32.1. The van der Waals surface area contributed by atoms with Crippen LogP contribution in [-0.4, -0.2) is 39.3 Å². The van der Waals surface area contributed by atoms with Crippen molar-refractivity contribution >= 4 is 17.0 Å². The van der Waals surface area contributed by atoms with Crippen LogP contribution in [0.15, 0.2) is 29.6 Å². The van der Waals surface area contributed by atoms with E-state index in [0.717, 1.165) is 30.4 Å². The van der Waals surface area contributed by atoms with Crippen LogP contribution >= 0.6 is 11.3 Å². The lowest BCUT2D eigenvalue weighted by molar-refractivity contribution is 0.199. The first-order chi connectivity index (χ1) is 9.70. The molecule has 4 nitrogen and oxygen atoms in total. The van der Waals surface area contributed by atoms with E-state index in [2.05, 4.69) is 44.8 Å². The lowest BCUT2D eigenvalue weighted by Crippen LogP contribution is -2.18. The molecule has 0 amide bonds. The summed E-state index contributed by atoms with van der Waals surface area (Å²) < 4.78 is 5.00. The van der Waals surface area contributed by atoms with Crippen molar-refractivity contribution in [1.82, 2.24) is 10.3 Å². The molecule has 0 aliphatic carbocycles. The Bertz CT molecular complexity index is 522. The van der Waals surface area contributed by atoms with E-state index in [-0.39, 0.29) is 0 Å². The summed E-state index contributed by atoms with van der Waals surface area (Å²) in [4.78, 5) is 6.75. The minimum atomic E-state index is 0.725. The topological polar surface area (TPSA) is 37.4 Å². The van der Waals surface area contributed by atoms with Crippen LogP contribution in [-0.2, 0) is 11.3 Å². The molecule has 1 aromatic heterocycles. The first-order valence-corrected chi connectivity index (χ1v) is 7.50. The van der Waals surface area contributed by atoms with Gasteiger partial charge in [-0.25, -0.2) is 4.98 Å². The van der Waals surface area contributed by atoms with Crippen LogP contribution < -0.4 is 10.2 Å². The van der Waals surface area contributed by atoms with Gasteiger partial charge in [-0.2, -0.15) is 0 Å². The van der Waals surface area contributed by atoms with Gasteiger partial charge in [0.05, 0.1) is 12.3 Å². The fraction of sp³-hybridized carbons (Fsp3) is 0.400. The Morgan fingerprint density at radius 3 is 2.65 bits per heavy atom. The highest BCUT2D eigenvalue weighted by Gasteiger charge is 2.05. The van der Waals surface area contributed by atoms with Crippen molar-refractivity contribution in [3.63, 3.8) is 0 Å². The lowest BCUT2D eigenvalue weighted by atomic mass is 10.2. The molecule has 1 heterocycles. The average Bonchev–Trinajstić information content (AvgIpc) is 2.92. The minimum Gasteiger partial charge on any atom is -0.383 e. The fourth-order valence-electron chi connectivity index (χ4n) is 1.81. The van der Waals surface area contributed by atoms with E-state index in [9.17, 15) is 0 Å². The largest absolute Gasteiger partial charge is 0.383 e. The third-order valence-electron chi connectivity index (χ3n) is 2.97. The second-order valence-electron chi connectivity index (χ2n) is 4.75. The number of hydrogen-bond acceptors (Lipinski definition) is 5. The molecule has 0 saturated carbocycles. The SMILES string of the molecule is COCCNCc1csc(-c2ccc(N(C)C)cc2)n1. The second-order valence-corrected chi connectivity index (χ2v) is 5.61. The van der Waals surface area contributed by atoms with Gasteiger partial charge in [0.25, 0.3) is 0 Å². The van der Waals surface area contributed by atoms with Crippen LogP contribution in [0, 0.1) is 0 Å². The molecule has 0 aliphatic heterocycles. The predicted molar refractivity (Wildman–Crippen MR) is 85.5 cm³/mol. The number of nitrogens with one attached hydrogen (secondary N) is 1. The van der Waals surface area contributed by atoms with Crippen molar-refractivity contribution in [1.29, 1.82) is 0 Å². The molecule has 1 N–H and O–H groups in total. The van der Waals surface area contributed by atoms with E-state index in [4.69, 9.17) is 4.74 Å². The smallest absolute Gasteiger partial charge is 0.123 e. The Kier molecular flexibility index (Phi) is 5.52. The van der Waals surface area contributed by atoms with Crippen molar-refractivity contribution in [2.45, 2.75) is 6.54 Å². The van der Waals surface area contributed by atoms with Crippen molar-refractivity contribution in [3.05, 3.63) is 35.3 Å². The van der Waals surface area contributed by atoms with Gasteiger partial charge in [-0.3, -0.25) is 0 Å². The zero-order valence-corrected chi connectivity index (χ0v) is 13.0. The Morgan fingerprint density at radius 2 is 2.00 bits per heavy atom. The molecule has 1 aromatic carbocycles. The average molecular weight is 291 g/mol. The zero-order valence-electron chi connectivity index (χ0n) is 12.2. The van der Waals surface area contributed by atoms with Crippen LogP contribution in [0.2, 0.25) is 0 Å². The molecule has 2 rings (SSSR count). The molecule has 0 atom stereocenters. The summed E-state index contributed by atoms with van der Waals surface area (Å²) in [5, 5.41) is 6.48. The van der Waals surface area contributed by atoms with Gasteiger partial charge in [-0.15, -0.1) is 11.3 Å². The molecule has 0 aliphatic rings. The Labute approximate surface area is 124 Å². The number of benzene rings is 1. The van der Waals surface area contributed by atoms with Crippen LogP contribution in [0.1, 0.15) is 5.69 Å². The summed E-state index contributed by atoms with van der Waals surface area (Å²) in [7, 11) is 5.80. The van der Waals surface area contributed by atoms with Gasteiger partial charge < -0.3 is 15.0 Å². The fourth-order valence-corrected chi connectivity index (χ4v) is 2.64. The predicted octanol–water partition coefficient (Wildman–Crippen LogP) is 2.61. The lowest BCUT2D eigenvalue weighted by Gasteiger charge is -2.11. The number of rotatable bonds is 7. The molecule has 2 aromatic rings. The van der Waals surface area contributed by atoms with E-state index < -0.39 is 0 Å². The zero-order chi connectivity index (χ0) is 14.4. The maximum absolute atomic E-state index is 5.00. The highest BCUT2D eigenvalue weighted by Crippen LogP contribution is 2.25. The van der Waals surface area contributed by atoms with Crippen molar-refractivity contribution in [2.75, 3.05) is 39.3 Å². The molecule has 0 bridgehead atoms. The number of anilines is 1. The Hall–Kier alpha value is -1.43. The standard InChI is InChI=1S/C15H21N3OS/c1-18(2)14-6-4-12(5-7-14)15-17-13(11-20-15)10-16-8-9-19-3/h4-7,11,16H,8-10H2,1-3H3. The third kappa shape index (κ3) is 4.03. The van der Waals surface area contributed by atoms with E-state index >= 15 is 0 Å². The molecule has 0 spiro atoms. The summed E-state index contributed by atoms with van der Waals surface area (Å²) in [5.41, 5.74) is 3.45. The van der Waals surface area contributed by atoms with E-state index in [0.29, 0.717) is 0 Å². The number of thiazole rings is 1. The molecule has 20 heavy (non-hydrogen) atoms. The van der Waals surface area contributed by atoms with Crippen molar-refractivity contribution in [3.8, 4) is 10.6 Å². The molecule has 0 unspecified atom stereocenters. The van der Waals surface area contributed by atoms with Crippen LogP contribution in [0.5, 0.6) is 0 Å². The summed E-state index contributed by atoms with van der Waals surface area (Å²) in [5.74, 6) is 0. The van der Waals surface area contributed by atoms with Gasteiger partial charge in [-0.1, -0.05) is 0 Å². The van der Waals surface area contributed by atoms with Gasteiger partial charge in [0.2, 0.25) is 0 Å². The van der Waals surface area contributed by atoms with E-state index in [1.165, 1.54) is 11.3 Å². The number of ether oxygens (including phenoxy) is 1. The normalized spacial score (nSPS) is 10.8. The summed E-state index contributed by atoms with van der Waals surface area (Å²) >= 11 is 1.68. The molecular weight excluding hydrogens is 270 g/mol. The Morgan fingerprint density at radius 1 is 1.25 bits per heavy atom. The van der Waals surface area contributed by atoms with Crippen molar-refractivity contribution in [2.24, 2.45) is 0 Å². The molecule has 108 valence electrons. The van der Waals surface area contributed by atoms with Gasteiger partial charge in [-0.05, 0) is 24.3 Å². The number of aromatic nitrogens is 1. The van der Waals surface area contributed by atoms with Gasteiger partial charge in [0, 0.05) is 50.9 Å². The summed E-state index contributed by atoms with van der Waals surface area (Å²) in [6.07, 6.45) is 0. The summed E-state index contributed by atoms with van der Waals surface area (Å²) in [6, 6.07) is 8.48. The van der Waals surface area contributed by atoms with Crippen LogP contribution in [0.4, 0.5) is 5.69 Å². The number of nitrogens with zero attached hydrogens (tertiary/aromatic N) is 2. The summed E-state index contributed by atoms with van der Waals surface area (Å²) in [6.45, 7) is 2.36. The molecular formula is C15H21N3OS. The molecule has 5 heteroatoms. The molecule has 0 fully saturated rings. The molecule has 0 saturated heterocycles. The highest BCUT2D eigenvalue weighted by molar-refractivity contribution is 7.13. The quantitative estimate of drug-likeness (QED) is 0.796. The minimum absolute atomic E-state index is 0.725. The van der Waals surface area contributed by atoms with Crippen LogP contribution in [0.3, 0.4) is 0 Å². The van der Waals surface area contributed by atoms with E-state index in [1.54, 1.807) is 18.4 Å². The number of hydrogen-bond donors (Lipinski definition) is 1. The second kappa shape index (κ2) is 7.38. The van der Waals surface area contributed by atoms with Gasteiger partial charge in [0.1, 0.15) is 5.01 Å². The third-order valence-corrected chi connectivity index (χ3v) is 3.91. The van der Waals surface area contributed by atoms with Gasteiger partial charge in [0.15, 0.2) is 0 Å². The number of methoxy groups -OCH3 is 1. The van der Waals surface area contributed by atoms with E-state index in [1.807, 2.05) is 14.1 Å². The molecule has 0 radical (unpaired) electrons. The first-order valence-electron chi connectivity index (χ1n) is 6.62.